The summed E-state index contributed by atoms with van der Waals surface area (Å²) in [6.45, 7) is 4.14. The molecule has 0 saturated heterocycles. The van der Waals surface area contributed by atoms with Crippen molar-refractivity contribution in [3.63, 3.8) is 0 Å². The Hall–Kier alpha value is -0.740. The van der Waals surface area contributed by atoms with Gasteiger partial charge in [0.25, 0.3) is 0 Å². The van der Waals surface area contributed by atoms with Gasteiger partial charge in [0.15, 0.2) is 0 Å². The van der Waals surface area contributed by atoms with E-state index in [-0.39, 0.29) is 5.97 Å². The van der Waals surface area contributed by atoms with Crippen LogP contribution in [0, 0.1) is 5.41 Å². The Kier molecular flexibility index (Phi) is 4.83. The Labute approximate surface area is 115 Å². The normalized spacial score (nSPS) is 11.1. The van der Waals surface area contributed by atoms with Crippen LogP contribution < -0.4 is 5.32 Å². The number of esters is 1. The largest absolute Gasteiger partial charge is 0.469 e. The van der Waals surface area contributed by atoms with Crippen molar-refractivity contribution < 1.29 is 9.53 Å². The van der Waals surface area contributed by atoms with E-state index < -0.39 is 5.41 Å². The molecule has 1 aromatic carbocycles. The predicted molar refractivity (Wildman–Crippen MR) is 73.4 cm³/mol. The number of carbonyl (C=O) groups is 1. The van der Waals surface area contributed by atoms with Crippen molar-refractivity contribution in [2.24, 2.45) is 5.41 Å². The van der Waals surface area contributed by atoms with Gasteiger partial charge in [0, 0.05) is 16.7 Å². The summed E-state index contributed by atoms with van der Waals surface area (Å²) < 4.78 is 5.58. The van der Waals surface area contributed by atoms with Crippen LogP contribution in [-0.2, 0) is 9.53 Å². The van der Waals surface area contributed by atoms with Crippen LogP contribution in [-0.4, -0.2) is 19.6 Å². The maximum Gasteiger partial charge on any atom is 0.313 e. The molecule has 5 heteroatoms. The standard InChI is InChI=1S/C12H15BrClNO2/c1-12(2,11(16)17-3)7-15-8-4-5-9(13)10(14)6-8/h4-6,15H,7H2,1-3H3. The van der Waals surface area contributed by atoms with E-state index in [4.69, 9.17) is 16.3 Å². The summed E-state index contributed by atoms with van der Waals surface area (Å²) in [5.41, 5.74) is 0.295. The lowest BCUT2D eigenvalue weighted by Crippen LogP contribution is -2.33. The molecule has 0 aliphatic carbocycles. The highest BCUT2D eigenvalue weighted by molar-refractivity contribution is 9.10. The number of hydrogen-bond donors (Lipinski definition) is 1. The highest BCUT2D eigenvalue weighted by Crippen LogP contribution is 2.26. The maximum absolute atomic E-state index is 11.5. The van der Waals surface area contributed by atoms with Crippen molar-refractivity contribution in [3.8, 4) is 0 Å². The van der Waals surface area contributed by atoms with Crippen molar-refractivity contribution in [1.29, 1.82) is 0 Å². The Bertz CT molecular complexity index is 421. The van der Waals surface area contributed by atoms with Crippen LogP contribution in [0.2, 0.25) is 5.02 Å². The van der Waals surface area contributed by atoms with Crippen LogP contribution in [0.3, 0.4) is 0 Å². The molecule has 0 amide bonds. The minimum absolute atomic E-state index is 0.242. The van der Waals surface area contributed by atoms with Gasteiger partial charge in [0.2, 0.25) is 0 Å². The van der Waals surface area contributed by atoms with Gasteiger partial charge in [-0.3, -0.25) is 4.79 Å². The Morgan fingerprint density at radius 3 is 2.71 bits per heavy atom. The number of carbonyl (C=O) groups excluding carboxylic acids is 1. The SMILES string of the molecule is COC(=O)C(C)(C)CNc1ccc(Br)c(Cl)c1. The van der Waals surface area contributed by atoms with Crippen molar-refractivity contribution in [2.75, 3.05) is 19.0 Å². The summed E-state index contributed by atoms with van der Waals surface area (Å²) in [5, 5.41) is 3.79. The third-order valence-electron chi connectivity index (χ3n) is 2.39. The molecule has 0 bridgehead atoms. The van der Waals surface area contributed by atoms with E-state index in [1.165, 1.54) is 7.11 Å². The van der Waals surface area contributed by atoms with Gasteiger partial charge in [-0.1, -0.05) is 11.6 Å². The van der Waals surface area contributed by atoms with E-state index in [0.717, 1.165) is 10.2 Å². The van der Waals surface area contributed by atoms with E-state index in [9.17, 15) is 4.79 Å². The molecule has 0 heterocycles. The van der Waals surface area contributed by atoms with Gasteiger partial charge in [-0.25, -0.2) is 0 Å². The lowest BCUT2D eigenvalue weighted by molar-refractivity contribution is -0.149. The zero-order valence-corrected chi connectivity index (χ0v) is 12.4. The average molecular weight is 321 g/mol. The van der Waals surface area contributed by atoms with Crippen LogP contribution in [0.1, 0.15) is 13.8 Å². The summed E-state index contributed by atoms with van der Waals surface area (Å²) in [4.78, 5) is 11.5. The molecule has 3 nitrogen and oxygen atoms in total. The van der Waals surface area contributed by atoms with Crippen LogP contribution in [0.25, 0.3) is 0 Å². The number of benzene rings is 1. The van der Waals surface area contributed by atoms with Crippen LogP contribution in [0.15, 0.2) is 22.7 Å². The molecule has 1 N–H and O–H groups in total. The molecule has 17 heavy (non-hydrogen) atoms. The van der Waals surface area contributed by atoms with Crippen molar-refractivity contribution >= 4 is 39.2 Å². The summed E-state index contributed by atoms with van der Waals surface area (Å²) >= 11 is 9.30. The molecule has 0 radical (unpaired) electrons. The first-order chi connectivity index (χ1) is 7.86. The van der Waals surface area contributed by atoms with Gasteiger partial charge < -0.3 is 10.1 Å². The quantitative estimate of drug-likeness (QED) is 0.859. The highest BCUT2D eigenvalue weighted by atomic mass is 79.9. The molecule has 0 atom stereocenters. The minimum Gasteiger partial charge on any atom is -0.469 e. The second kappa shape index (κ2) is 5.74. The molecule has 0 unspecified atom stereocenters. The lowest BCUT2D eigenvalue weighted by Gasteiger charge is -2.22. The Balaban J connectivity index is 2.67. The number of methoxy groups -OCH3 is 1. The third kappa shape index (κ3) is 3.89. The number of anilines is 1. The molecule has 0 saturated carbocycles. The fourth-order valence-corrected chi connectivity index (χ4v) is 1.70. The number of halogens is 2. The van der Waals surface area contributed by atoms with Crippen LogP contribution in [0.4, 0.5) is 5.69 Å². The van der Waals surface area contributed by atoms with E-state index in [0.29, 0.717) is 11.6 Å². The van der Waals surface area contributed by atoms with Gasteiger partial charge in [0.1, 0.15) is 0 Å². The van der Waals surface area contributed by atoms with Crippen LogP contribution in [0.5, 0.6) is 0 Å². The van der Waals surface area contributed by atoms with Gasteiger partial charge >= 0.3 is 5.97 Å². The predicted octanol–water partition coefficient (Wildman–Crippen LogP) is 3.71. The van der Waals surface area contributed by atoms with Gasteiger partial charge in [-0.05, 0) is 48.0 Å². The summed E-state index contributed by atoms with van der Waals surface area (Å²) in [6.07, 6.45) is 0. The number of nitrogens with one attached hydrogen (secondary N) is 1. The van der Waals surface area contributed by atoms with E-state index >= 15 is 0 Å². The van der Waals surface area contributed by atoms with E-state index in [1.54, 1.807) is 6.07 Å². The highest BCUT2D eigenvalue weighted by Gasteiger charge is 2.28. The molecule has 0 fully saturated rings. The molecular weight excluding hydrogens is 305 g/mol. The Morgan fingerprint density at radius 2 is 2.18 bits per heavy atom. The fourth-order valence-electron chi connectivity index (χ4n) is 1.28. The zero-order valence-electron chi connectivity index (χ0n) is 10.0. The topological polar surface area (TPSA) is 38.3 Å². The minimum atomic E-state index is -0.575. The first-order valence-corrected chi connectivity index (χ1v) is 6.31. The molecule has 1 rings (SSSR count). The molecule has 0 spiro atoms. The Morgan fingerprint density at radius 1 is 1.53 bits per heavy atom. The third-order valence-corrected chi connectivity index (χ3v) is 3.62. The second-order valence-electron chi connectivity index (χ2n) is 4.36. The summed E-state index contributed by atoms with van der Waals surface area (Å²) in [5.74, 6) is -0.242. The first kappa shape index (κ1) is 14.3. The van der Waals surface area contributed by atoms with Crippen molar-refractivity contribution in [2.45, 2.75) is 13.8 Å². The number of rotatable bonds is 4. The number of hydrogen-bond acceptors (Lipinski definition) is 3. The monoisotopic (exact) mass is 319 g/mol. The fraction of sp³-hybridized carbons (Fsp3) is 0.417. The first-order valence-electron chi connectivity index (χ1n) is 5.14. The molecule has 0 aliphatic heterocycles. The number of ether oxygens (including phenoxy) is 1. The maximum atomic E-state index is 11.5. The summed E-state index contributed by atoms with van der Waals surface area (Å²) in [6, 6.07) is 5.55. The van der Waals surface area contributed by atoms with E-state index in [1.807, 2.05) is 26.0 Å². The molecule has 0 aromatic heterocycles. The smallest absolute Gasteiger partial charge is 0.313 e. The average Bonchev–Trinajstić information content (AvgIpc) is 2.29. The second-order valence-corrected chi connectivity index (χ2v) is 5.62. The molecule has 0 aliphatic rings. The molecular formula is C12H15BrClNO2. The van der Waals surface area contributed by atoms with Gasteiger partial charge in [-0.2, -0.15) is 0 Å². The van der Waals surface area contributed by atoms with Crippen molar-refractivity contribution in [1.82, 2.24) is 0 Å². The lowest BCUT2D eigenvalue weighted by atomic mass is 9.93. The van der Waals surface area contributed by atoms with E-state index in [2.05, 4.69) is 21.2 Å². The van der Waals surface area contributed by atoms with Crippen LogP contribution >= 0.6 is 27.5 Å². The molecule has 1 aromatic rings. The summed E-state index contributed by atoms with van der Waals surface area (Å²) in [7, 11) is 1.39. The van der Waals surface area contributed by atoms with Crippen molar-refractivity contribution in [3.05, 3.63) is 27.7 Å². The zero-order chi connectivity index (χ0) is 13.1. The molecule has 94 valence electrons. The van der Waals surface area contributed by atoms with Gasteiger partial charge in [0.05, 0.1) is 17.5 Å². The van der Waals surface area contributed by atoms with Gasteiger partial charge in [-0.15, -0.1) is 0 Å².